The van der Waals surface area contributed by atoms with Gasteiger partial charge in [0, 0.05) is 37.3 Å². The number of carbonyl (C=O) groups excluding carboxylic acids is 2. The minimum Gasteiger partial charge on any atom is -0.340 e. The summed E-state index contributed by atoms with van der Waals surface area (Å²) in [7, 11) is -3.60. The van der Waals surface area contributed by atoms with Crippen LogP contribution in [0.3, 0.4) is 0 Å². The van der Waals surface area contributed by atoms with Gasteiger partial charge in [0.25, 0.3) is 5.91 Å². The second kappa shape index (κ2) is 10.8. The van der Waals surface area contributed by atoms with Crippen LogP contribution >= 0.6 is 0 Å². The third kappa shape index (κ3) is 5.63. The van der Waals surface area contributed by atoms with E-state index in [0.29, 0.717) is 25.4 Å². The first-order valence-corrected chi connectivity index (χ1v) is 15.3. The van der Waals surface area contributed by atoms with Gasteiger partial charge in [-0.25, -0.2) is 8.42 Å². The van der Waals surface area contributed by atoms with E-state index in [-0.39, 0.29) is 45.9 Å². The number of alkyl halides is 3. The molecule has 2 amide bonds. The zero-order valence-corrected chi connectivity index (χ0v) is 23.3. The molecule has 5 atom stereocenters. The van der Waals surface area contributed by atoms with Crippen LogP contribution in [-0.4, -0.2) is 73.5 Å². The number of benzene rings is 2. The third-order valence-electron chi connectivity index (χ3n) is 8.75. The predicted molar refractivity (Wildman–Crippen MR) is 143 cm³/mol. The van der Waals surface area contributed by atoms with Crippen LogP contribution in [0.4, 0.5) is 13.2 Å². The highest BCUT2D eigenvalue weighted by molar-refractivity contribution is 7.91. The molecule has 3 aliphatic rings. The van der Waals surface area contributed by atoms with E-state index in [1.165, 1.54) is 6.07 Å². The highest BCUT2D eigenvalue weighted by atomic mass is 32.2. The van der Waals surface area contributed by atoms with Gasteiger partial charge in [0.2, 0.25) is 5.91 Å². The average molecular weight is 578 g/mol. The van der Waals surface area contributed by atoms with Gasteiger partial charge in [-0.2, -0.15) is 13.2 Å². The zero-order valence-electron chi connectivity index (χ0n) is 22.5. The molecule has 3 fully saturated rings. The van der Waals surface area contributed by atoms with E-state index in [4.69, 9.17) is 0 Å². The molecule has 1 unspecified atom stereocenters. The van der Waals surface area contributed by atoms with Gasteiger partial charge in [-0.1, -0.05) is 24.3 Å². The van der Waals surface area contributed by atoms with E-state index >= 15 is 0 Å². The Morgan fingerprint density at radius 2 is 1.80 bits per heavy atom. The van der Waals surface area contributed by atoms with Gasteiger partial charge in [0.1, 0.15) is 6.04 Å². The van der Waals surface area contributed by atoms with Crippen LogP contribution < -0.4 is 5.32 Å². The van der Waals surface area contributed by atoms with Crippen molar-refractivity contribution in [1.82, 2.24) is 15.1 Å². The molecule has 0 radical (unpaired) electrons. The van der Waals surface area contributed by atoms with E-state index in [0.717, 1.165) is 31.3 Å². The summed E-state index contributed by atoms with van der Waals surface area (Å²) in [4.78, 5) is 30.6. The van der Waals surface area contributed by atoms with Crippen LogP contribution in [0.1, 0.15) is 42.6 Å². The molecule has 1 saturated carbocycles. The number of rotatable bonds is 7. The van der Waals surface area contributed by atoms with Gasteiger partial charge in [0.05, 0.1) is 16.2 Å². The highest BCUT2D eigenvalue weighted by Crippen LogP contribution is 2.47. The number of hydrogen-bond donors (Lipinski definition) is 1. The van der Waals surface area contributed by atoms with Crippen molar-refractivity contribution in [2.75, 3.05) is 25.4 Å². The normalized spacial score (nSPS) is 27.4. The number of halogens is 3. The van der Waals surface area contributed by atoms with Crippen LogP contribution in [0.5, 0.6) is 0 Å². The molecule has 2 aromatic rings. The van der Waals surface area contributed by atoms with E-state index in [1.54, 1.807) is 35.2 Å². The van der Waals surface area contributed by atoms with Gasteiger partial charge >= 0.3 is 6.18 Å². The first-order chi connectivity index (χ1) is 18.8. The molecule has 5 rings (SSSR count). The Morgan fingerprint density at radius 1 is 1.07 bits per heavy atom. The molecule has 7 nitrogen and oxygen atoms in total. The number of nitrogens with one attached hydrogen (secondary N) is 1. The largest absolute Gasteiger partial charge is 0.416 e. The van der Waals surface area contributed by atoms with Crippen LogP contribution in [0.2, 0.25) is 0 Å². The van der Waals surface area contributed by atoms with Crippen LogP contribution in [-0.2, 0) is 20.8 Å². The number of amides is 2. The van der Waals surface area contributed by atoms with Crippen molar-refractivity contribution in [1.29, 1.82) is 0 Å². The van der Waals surface area contributed by atoms with Crippen LogP contribution in [0.25, 0.3) is 0 Å². The molecule has 216 valence electrons. The maximum Gasteiger partial charge on any atom is 0.416 e. The van der Waals surface area contributed by atoms with E-state index in [1.807, 2.05) is 0 Å². The fourth-order valence-corrected chi connectivity index (χ4v) is 8.41. The predicted octanol–water partition coefficient (Wildman–Crippen LogP) is 3.85. The summed E-state index contributed by atoms with van der Waals surface area (Å²) in [6, 6.07) is 11.6. The SMILES string of the molecule is CC(C)N1C[C@@H]2C[C@H](N3CCC(NC(=O)c4cccc(C(F)(F)F)c4)C3=O)[C@H](CS(=O)(=O)c3ccccc3)[C@@H]2C1. The number of carbonyl (C=O) groups is 2. The monoisotopic (exact) mass is 577 g/mol. The minimum absolute atomic E-state index is 0.0696. The molecule has 2 saturated heterocycles. The summed E-state index contributed by atoms with van der Waals surface area (Å²) >= 11 is 0. The fraction of sp³-hybridized carbons (Fsp3) is 0.517. The molecule has 0 bridgehead atoms. The summed E-state index contributed by atoms with van der Waals surface area (Å²) in [5, 5.41) is 2.61. The molecule has 1 aliphatic carbocycles. The van der Waals surface area contributed by atoms with Crippen LogP contribution in [0, 0.1) is 17.8 Å². The first-order valence-electron chi connectivity index (χ1n) is 13.7. The van der Waals surface area contributed by atoms with Crippen molar-refractivity contribution >= 4 is 21.7 Å². The number of fused-ring (bicyclic) bond motifs is 1. The molecule has 11 heteroatoms. The van der Waals surface area contributed by atoms with Gasteiger partial charge in [-0.05, 0) is 74.8 Å². The zero-order chi connectivity index (χ0) is 28.8. The van der Waals surface area contributed by atoms with E-state index < -0.39 is 33.5 Å². The highest BCUT2D eigenvalue weighted by Gasteiger charge is 2.53. The summed E-state index contributed by atoms with van der Waals surface area (Å²) < 4.78 is 66.2. The van der Waals surface area contributed by atoms with Crippen molar-refractivity contribution in [2.45, 2.75) is 55.9 Å². The number of nitrogens with zero attached hydrogens (tertiary/aromatic N) is 2. The van der Waals surface area contributed by atoms with Gasteiger partial charge in [-0.3, -0.25) is 9.59 Å². The van der Waals surface area contributed by atoms with E-state index in [9.17, 15) is 31.2 Å². The molecule has 0 spiro atoms. The second-order valence-electron chi connectivity index (χ2n) is 11.5. The van der Waals surface area contributed by atoms with E-state index in [2.05, 4.69) is 24.1 Å². The van der Waals surface area contributed by atoms with Gasteiger partial charge in [-0.15, -0.1) is 0 Å². The quantitative estimate of drug-likeness (QED) is 0.540. The fourth-order valence-electron chi connectivity index (χ4n) is 6.67. The lowest BCUT2D eigenvalue weighted by Gasteiger charge is -2.33. The number of sulfone groups is 1. The Hall–Kier alpha value is -2.92. The first kappa shape index (κ1) is 28.6. The topological polar surface area (TPSA) is 86.8 Å². The van der Waals surface area contributed by atoms with Crippen molar-refractivity contribution in [3.63, 3.8) is 0 Å². The number of likely N-dealkylation sites (tertiary alicyclic amines) is 2. The maximum atomic E-state index is 13.5. The molecule has 2 aromatic carbocycles. The summed E-state index contributed by atoms with van der Waals surface area (Å²) in [6.07, 6.45) is -3.59. The Morgan fingerprint density at radius 3 is 2.48 bits per heavy atom. The summed E-state index contributed by atoms with van der Waals surface area (Å²) in [5.74, 6) is -1.01. The van der Waals surface area contributed by atoms with Crippen molar-refractivity contribution in [3.05, 3.63) is 65.7 Å². The molecule has 40 heavy (non-hydrogen) atoms. The second-order valence-corrected chi connectivity index (χ2v) is 13.5. The Kier molecular flexibility index (Phi) is 7.73. The molecule has 2 aliphatic heterocycles. The van der Waals surface area contributed by atoms with Crippen molar-refractivity contribution in [2.24, 2.45) is 17.8 Å². The third-order valence-corrected chi connectivity index (χ3v) is 10.6. The van der Waals surface area contributed by atoms with Gasteiger partial charge in [0.15, 0.2) is 9.84 Å². The standard InChI is InChI=1S/C29H34F3N3O4S/c1-18(2)34-15-20-14-26(24(23(20)16-34)17-40(38,39)22-9-4-3-5-10-22)35-12-11-25(28(35)37)33-27(36)19-7-6-8-21(13-19)29(30,31)32/h3-10,13,18,20,23-26H,11-12,14-17H2,1-2H3,(H,33,36)/t20-,23+,24+,25?,26-/m0/s1. The average Bonchev–Trinajstić information content (AvgIpc) is 3.58. The Balaban J connectivity index is 1.34. The molecule has 1 N–H and O–H groups in total. The Bertz CT molecular complexity index is 1370. The summed E-state index contributed by atoms with van der Waals surface area (Å²) in [5.41, 5.74) is -1.10. The molecular weight excluding hydrogens is 543 g/mol. The minimum atomic E-state index is -4.59. The van der Waals surface area contributed by atoms with Crippen molar-refractivity contribution < 1.29 is 31.2 Å². The smallest absolute Gasteiger partial charge is 0.340 e. The lowest BCUT2D eigenvalue weighted by atomic mass is 9.92. The molecular formula is C29H34F3N3O4S. The lowest BCUT2D eigenvalue weighted by Crippen LogP contribution is -2.48. The number of hydrogen-bond acceptors (Lipinski definition) is 5. The van der Waals surface area contributed by atoms with Crippen LogP contribution in [0.15, 0.2) is 59.5 Å². The van der Waals surface area contributed by atoms with Gasteiger partial charge < -0.3 is 15.1 Å². The molecule has 2 heterocycles. The van der Waals surface area contributed by atoms with Crippen molar-refractivity contribution in [3.8, 4) is 0 Å². The summed E-state index contributed by atoms with van der Waals surface area (Å²) in [6.45, 7) is 6.21. The Labute approximate surface area is 232 Å². The molecule has 0 aromatic heterocycles. The maximum absolute atomic E-state index is 13.5. The lowest BCUT2D eigenvalue weighted by molar-refractivity contribution is -0.137.